The number of alkyl halides is 3. The molecule has 2 aromatic rings. The maximum absolute atomic E-state index is 12.6. The van der Waals surface area contributed by atoms with Crippen LogP contribution in [-0.4, -0.2) is 41.5 Å². The summed E-state index contributed by atoms with van der Waals surface area (Å²) in [7, 11) is 0. The lowest BCUT2D eigenvalue weighted by molar-refractivity contribution is -0.140. The Morgan fingerprint density at radius 1 is 1.28 bits per heavy atom. The van der Waals surface area contributed by atoms with Crippen LogP contribution in [0.1, 0.15) is 29.6 Å². The fourth-order valence-corrected chi connectivity index (χ4v) is 3.00. The van der Waals surface area contributed by atoms with Crippen LogP contribution < -0.4 is 16.0 Å². The van der Waals surface area contributed by atoms with E-state index in [2.05, 4.69) is 30.9 Å². The van der Waals surface area contributed by atoms with Crippen LogP contribution in [-0.2, 0) is 17.4 Å². The Balaban J connectivity index is 1.77. The minimum Gasteiger partial charge on any atom is -0.357 e. The van der Waals surface area contributed by atoms with Gasteiger partial charge in [-0.3, -0.25) is 9.79 Å². The smallest absolute Gasteiger partial charge is 0.357 e. The van der Waals surface area contributed by atoms with Crippen LogP contribution in [0.15, 0.2) is 28.7 Å². The summed E-state index contributed by atoms with van der Waals surface area (Å²) in [5, 5.41) is 10.1. The molecule has 2 aromatic heterocycles. The summed E-state index contributed by atoms with van der Waals surface area (Å²) in [5.41, 5.74) is 0.129. The van der Waals surface area contributed by atoms with Crippen LogP contribution >= 0.6 is 11.3 Å². The number of anilines is 1. The van der Waals surface area contributed by atoms with Gasteiger partial charge in [0.05, 0.1) is 5.01 Å². The largest absolute Gasteiger partial charge is 0.434 e. The average Bonchev–Trinajstić information content (AvgIpc) is 3.13. The molecule has 0 unspecified atom stereocenters. The molecule has 0 spiro atoms. The van der Waals surface area contributed by atoms with E-state index in [4.69, 9.17) is 0 Å². The van der Waals surface area contributed by atoms with Crippen molar-refractivity contribution >= 4 is 29.0 Å². The molecular weight excluding hydrogens is 405 g/mol. The summed E-state index contributed by atoms with van der Waals surface area (Å²) >= 11 is 0.965. The molecule has 0 aliphatic heterocycles. The quantitative estimate of drug-likeness (QED) is 0.444. The van der Waals surface area contributed by atoms with Gasteiger partial charge in [-0.05, 0) is 25.5 Å². The molecule has 1 amide bonds. The number of carbonyl (C=O) groups is 1. The van der Waals surface area contributed by atoms with Gasteiger partial charge < -0.3 is 16.0 Å². The first-order valence-electron chi connectivity index (χ1n) is 9.04. The molecular formula is C18H23F3N6OS. The standard InChI is InChI=1S/C18H23F3N6OS/c1-3-22-17(24-9-7-16-26-13(11-29-16)18(19,20)21)23-8-6-15(28)27-14-5-4-12(2)10-25-14/h4-5,10-11H,3,6-9H2,1-2H3,(H2,22,23,24)(H,25,27,28). The Labute approximate surface area is 170 Å². The number of hydrogen-bond donors (Lipinski definition) is 3. The third-order valence-corrected chi connectivity index (χ3v) is 4.51. The SMILES string of the molecule is CCNC(=NCCc1nc(C(F)(F)F)cs1)NCCC(=O)Nc1ccc(C)cn1. The fraction of sp³-hybridized carbons (Fsp3) is 0.444. The molecule has 0 fully saturated rings. The third-order valence-electron chi connectivity index (χ3n) is 3.61. The summed E-state index contributed by atoms with van der Waals surface area (Å²) in [6.07, 6.45) is -2.24. The number of halogens is 3. The van der Waals surface area contributed by atoms with Gasteiger partial charge in [0.2, 0.25) is 5.91 Å². The molecule has 2 heterocycles. The highest BCUT2D eigenvalue weighted by Crippen LogP contribution is 2.30. The normalized spacial score (nSPS) is 12.0. The monoisotopic (exact) mass is 428 g/mol. The lowest BCUT2D eigenvalue weighted by atomic mass is 10.3. The molecule has 3 N–H and O–H groups in total. The lowest BCUT2D eigenvalue weighted by Crippen LogP contribution is -2.38. The zero-order valence-corrected chi connectivity index (χ0v) is 17.0. The van der Waals surface area contributed by atoms with Crippen molar-refractivity contribution in [3.05, 3.63) is 40.0 Å². The van der Waals surface area contributed by atoms with Crippen molar-refractivity contribution < 1.29 is 18.0 Å². The Morgan fingerprint density at radius 3 is 2.69 bits per heavy atom. The van der Waals surface area contributed by atoms with Crippen molar-refractivity contribution in [3.63, 3.8) is 0 Å². The molecule has 2 rings (SSSR count). The molecule has 158 valence electrons. The maximum Gasteiger partial charge on any atom is 0.434 e. The number of nitrogens with zero attached hydrogens (tertiary/aromatic N) is 3. The number of thiazole rings is 1. The van der Waals surface area contributed by atoms with Crippen molar-refractivity contribution in [2.75, 3.05) is 25.0 Å². The molecule has 0 radical (unpaired) electrons. The Hall–Kier alpha value is -2.69. The zero-order valence-electron chi connectivity index (χ0n) is 16.1. The molecule has 0 saturated heterocycles. The van der Waals surface area contributed by atoms with Gasteiger partial charge in [0.1, 0.15) is 5.82 Å². The van der Waals surface area contributed by atoms with E-state index in [1.807, 2.05) is 19.9 Å². The van der Waals surface area contributed by atoms with Crippen LogP contribution in [0.4, 0.5) is 19.0 Å². The summed E-state index contributed by atoms with van der Waals surface area (Å²) in [4.78, 5) is 24.0. The number of aryl methyl sites for hydroxylation is 1. The highest BCUT2D eigenvalue weighted by molar-refractivity contribution is 7.09. The Bertz CT molecular complexity index is 820. The third kappa shape index (κ3) is 8.06. The van der Waals surface area contributed by atoms with Crippen molar-refractivity contribution in [2.24, 2.45) is 4.99 Å². The molecule has 0 bridgehead atoms. The van der Waals surface area contributed by atoms with Gasteiger partial charge in [-0.2, -0.15) is 13.2 Å². The Morgan fingerprint density at radius 2 is 2.07 bits per heavy atom. The first-order valence-corrected chi connectivity index (χ1v) is 9.92. The molecule has 0 aromatic carbocycles. The van der Waals surface area contributed by atoms with Gasteiger partial charge >= 0.3 is 6.18 Å². The maximum atomic E-state index is 12.6. The van der Waals surface area contributed by atoms with E-state index >= 15 is 0 Å². The van der Waals surface area contributed by atoms with Crippen LogP contribution in [0.5, 0.6) is 0 Å². The predicted octanol–water partition coefficient (Wildman–Crippen LogP) is 2.99. The topological polar surface area (TPSA) is 91.3 Å². The van der Waals surface area contributed by atoms with Gasteiger partial charge in [-0.25, -0.2) is 9.97 Å². The van der Waals surface area contributed by atoms with E-state index in [9.17, 15) is 18.0 Å². The molecule has 29 heavy (non-hydrogen) atoms. The van der Waals surface area contributed by atoms with E-state index in [-0.39, 0.29) is 18.9 Å². The number of pyridine rings is 1. The van der Waals surface area contributed by atoms with E-state index in [1.165, 1.54) is 0 Å². The summed E-state index contributed by atoms with van der Waals surface area (Å²) in [6.45, 7) is 5.04. The van der Waals surface area contributed by atoms with Gasteiger partial charge in [0.25, 0.3) is 0 Å². The van der Waals surface area contributed by atoms with E-state index < -0.39 is 11.9 Å². The van der Waals surface area contributed by atoms with Crippen LogP contribution in [0.25, 0.3) is 0 Å². The molecule has 11 heteroatoms. The van der Waals surface area contributed by atoms with Crippen molar-refractivity contribution in [2.45, 2.75) is 32.9 Å². The second kappa shape index (κ2) is 10.7. The molecule has 7 nitrogen and oxygen atoms in total. The number of hydrogen-bond acceptors (Lipinski definition) is 5. The van der Waals surface area contributed by atoms with E-state index in [0.29, 0.717) is 36.3 Å². The van der Waals surface area contributed by atoms with E-state index in [0.717, 1.165) is 22.3 Å². The van der Waals surface area contributed by atoms with E-state index in [1.54, 1.807) is 12.3 Å². The highest BCUT2D eigenvalue weighted by atomic mass is 32.1. The molecule has 0 saturated carbocycles. The fourth-order valence-electron chi connectivity index (χ4n) is 2.20. The Kier molecular flexibility index (Phi) is 8.37. The van der Waals surface area contributed by atoms with Crippen LogP contribution in [0, 0.1) is 6.92 Å². The average molecular weight is 428 g/mol. The van der Waals surface area contributed by atoms with Gasteiger partial charge in [-0.15, -0.1) is 11.3 Å². The lowest BCUT2D eigenvalue weighted by Gasteiger charge is -2.11. The van der Waals surface area contributed by atoms with Gasteiger partial charge in [0.15, 0.2) is 11.7 Å². The highest BCUT2D eigenvalue weighted by Gasteiger charge is 2.33. The summed E-state index contributed by atoms with van der Waals surface area (Å²) in [5.74, 6) is 0.788. The number of rotatable bonds is 8. The first kappa shape index (κ1) is 22.6. The number of guanidine groups is 1. The molecule has 0 aliphatic carbocycles. The number of nitrogens with one attached hydrogen (secondary N) is 3. The van der Waals surface area contributed by atoms with Crippen LogP contribution in [0.3, 0.4) is 0 Å². The zero-order chi connectivity index (χ0) is 21.3. The summed E-state index contributed by atoms with van der Waals surface area (Å²) < 4.78 is 37.7. The molecule has 0 atom stereocenters. The minimum atomic E-state index is -4.43. The second-order valence-corrected chi connectivity index (χ2v) is 7.02. The van der Waals surface area contributed by atoms with Gasteiger partial charge in [0, 0.05) is 44.1 Å². The number of aromatic nitrogens is 2. The van der Waals surface area contributed by atoms with Crippen molar-refractivity contribution in [3.8, 4) is 0 Å². The summed E-state index contributed by atoms with van der Waals surface area (Å²) in [6, 6.07) is 3.59. The van der Waals surface area contributed by atoms with Crippen molar-refractivity contribution in [1.82, 2.24) is 20.6 Å². The minimum absolute atomic E-state index is 0.188. The second-order valence-electron chi connectivity index (χ2n) is 6.08. The predicted molar refractivity (Wildman–Crippen MR) is 107 cm³/mol. The van der Waals surface area contributed by atoms with Gasteiger partial charge in [-0.1, -0.05) is 6.07 Å². The first-order chi connectivity index (χ1) is 13.8. The number of carbonyl (C=O) groups excluding carboxylic acids is 1. The van der Waals surface area contributed by atoms with Crippen molar-refractivity contribution in [1.29, 1.82) is 0 Å². The number of aliphatic imine (C=N–C) groups is 1. The number of amides is 1. The van der Waals surface area contributed by atoms with Crippen LogP contribution in [0.2, 0.25) is 0 Å². The molecule has 0 aliphatic rings.